The zero-order chi connectivity index (χ0) is 11.9. The Balaban J connectivity index is 3.79. The number of esters is 1. The maximum atomic E-state index is 11.2. The molecule has 15 heavy (non-hydrogen) atoms. The number of ketones is 1. The Morgan fingerprint density at radius 1 is 1.27 bits per heavy atom. The van der Waals surface area contributed by atoms with Crippen LogP contribution in [0.1, 0.15) is 46.5 Å². The summed E-state index contributed by atoms with van der Waals surface area (Å²) in [6.07, 6.45) is 3.97. The van der Waals surface area contributed by atoms with Gasteiger partial charge in [-0.3, -0.25) is 4.79 Å². The summed E-state index contributed by atoms with van der Waals surface area (Å²) in [4.78, 5) is 22.1. The number of carbonyl (C=O) groups is 2. The second-order valence-electron chi connectivity index (χ2n) is 3.82. The molecule has 0 saturated heterocycles. The molecule has 88 valence electrons. The second kappa shape index (κ2) is 6.56. The van der Waals surface area contributed by atoms with E-state index in [-0.39, 0.29) is 6.61 Å². The maximum absolute atomic E-state index is 11.2. The van der Waals surface area contributed by atoms with E-state index in [4.69, 9.17) is 4.74 Å². The van der Waals surface area contributed by atoms with Crippen LogP contribution in [0.4, 0.5) is 0 Å². The van der Waals surface area contributed by atoms with E-state index in [9.17, 15) is 14.7 Å². The Kier molecular flexibility index (Phi) is 6.17. The first kappa shape index (κ1) is 14.1. The van der Waals surface area contributed by atoms with Crippen molar-refractivity contribution in [3.05, 3.63) is 0 Å². The van der Waals surface area contributed by atoms with E-state index in [0.29, 0.717) is 0 Å². The zero-order valence-electron chi connectivity index (χ0n) is 9.71. The van der Waals surface area contributed by atoms with Crippen LogP contribution < -0.4 is 0 Å². The second-order valence-corrected chi connectivity index (χ2v) is 3.82. The third-order valence-electron chi connectivity index (χ3n) is 2.31. The van der Waals surface area contributed by atoms with Crippen LogP contribution in [0.3, 0.4) is 0 Å². The number of carbonyl (C=O) groups excluding carboxylic acids is 2. The summed E-state index contributed by atoms with van der Waals surface area (Å²) >= 11 is 0. The molecule has 0 aromatic carbocycles. The van der Waals surface area contributed by atoms with Gasteiger partial charge in [0.2, 0.25) is 5.60 Å². The molecule has 0 bridgehead atoms. The molecule has 1 unspecified atom stereocenters. The van der Waals surface area contributed by atoms with Crippen molar-refractivity contribution in [3.63, 3.8) is 0 Å². The molecule has 1 N–H and O–H groups in total. The van der Waals surface area contributed by atoms with Gasteiger partial charge in [-0.15, -0.1) is 0 Å². The molecule has 0 aliphatic rings. The zero-order valence-corrected chi connectivity index (χ0v) is 9.71. The van der Waals surface area contributed by atoms with E-state index in [1.807, 2.05) is 0 Å². The molecule has 0 aromatic rings. The average molecular weight is 216 g/mol. The van der Waals surface area contributed by atoms with Crippen LogP contribution in [0.2, 0.25) is 0 Å². The highest BCUT2D eigenvalue weighted by molar-refractivity contribution is 6.05. The van der Waals surface area contributed by atoms with E-state index < -0.39 is 17.4 Å². The predicted molar refractivity (Wildman–Crippen MR) is 56.4 cm³/mol. The van der Waals surface area contributed by atoms with Gasteiger partial charge in [-0.2, -0.15) is 0 Å². The standard InChI is InChI=1S/C11H20O4/c1-4-5-6-7-8-15-10(13)11(3,14)9(2)12/h14H,4-8H2,1-3H3. The third kappa shape index (κ3) is 4.93. The number of hydrogen-bond acceptors (Lipinski definition) is 4. The van der Waals surface area contributed by atoms with Gasteiger partial charge in [0.15, 0.2) is 5.78 Å². The fourth-order valence-corrected chi connectivity index (χ4v) is 0.978. The summed E-state index contributed by atoms with van der Waals surface area (Å²) in [5.74, 6) is -1.45. The van der Waals surface area contributed by atoms with Crippen molar-refractivity contribution in [2.75, 3.05) is 6.61 Å². The fourth-order valence-electron chi connectivity index (χ4n) is 0.978. The summed E-state index contributed by atoms with van der Waals surface area (Å²) in [5, 5.41) is 9.44. The van der Waals surface area contributed by atoms with E-state index in [2.05, 4.69) is 6.92 Å². The normalized spacial score (nSPS) is 14.4. The number of rotatable bonds is 7. The summed E-state index contributed by atoms with van der Waals surface area (Å²) in [6, 6.07) is 0. The molecular formula is C11H20O4. The van der Waals surface area contributed by atoms with Crippen LogP contribution in [0.15, 0.2) is 0 Å². The number of aliphatic hydroxyl groups is 1. The predicted octanol–water partition coefficient (Wildman–Crippen LogP) is 1.45. The molecule has 0 radical (unpaired) electrons. The minimum atomic E-state index is -2.00. The van der Waals surface area contributed by atoms with Gasteiger partial charge in [0.25, 0.3) is 0 Å². The largest absolute Gasteiger partial charge is 0.463 e. The van der Waals surface area contributed by atoms with Gasteiger partial charge in [0.05, 0.1) is 6.61 Å². The SMILES string of the molecule is CCCCCCOC(=O)C(C)(O)C(C)=O. The number of unbranched alkanes of at least 4 members (excludes halogenated alkanes) is 3. The van der Waals surface area contributed by atoms with Gasteiger partial charge < -0.3 is 9.84 Å². The molecule has 0 aromatic heterocycles. The first-order chi connectivity index (χ1) is 6.92. The summed E-state index contributed by atoms with van der Waals surface area (Å²) in [5.41, 5.74) is -2.00. The van der Waals surface area contributed by atoms with Gasteiger partial charge in [0.1, 0.15) is 0 Å². The molecule has 0 fully saturated rings. The summed E-state index contributed by atoms with van der Waals surface area (Å²) < 4.78 is 4.80. The van der Waals surface area contributed by atoms with E-state index in [1.54, 1.807) is 0 Å². The fraction of sp³-hybridized carbons (Fsp3) is 0.818. The highest BCUT2D eigenvalue weighted by Crippen LogP contribution is 2.08. The minimum Gasteiger partial charge on any atom is -0.463 e. The molecule has 0 spiro atoms. The Morgan fingerprint density at radius 3 is 2.33 bits per heavy atom. The molecule has 0 amide bonds. The van der Waals surface area contributed by atoms with Crippen LogP contribution in [-0.4, -0.2) is 29.1 Å². The number of hydrogen-bond donors (Lipinski definition) is 1. The van der Waals surface area contributed by atoms with Crippen LogP contribution in [-0.2, 0) is 14.3 Å². The van der Waals surface area contributed by atoms with Crippen molar-refractivity contribution < 1.29 is 19.4 Å². The molecule has 0 aliphatic carbocycles. The number of Topliss-reactive ketones (excluding diaryl/α,β-unsaturated/α-hetero) is 1. The molecule has 0 saturated carbocycles. The van der Waals surface area contributed by atoms with Crippen molar-refractivity contribution in [3.8, 4) is 0 Å². The highest BCUT2D eigenvalue weighted by atomic mass is 16.5. The summed E-state index contributed by atoms with van der Waals surface area (Å²) in [7, 11) is 0. The number of ether oxygens (including phenoxy) is 1. The van der Waals surface area contributed by atoms with Crippen molar-refractivity contribution >= 4 is 11.8 Å². The third-order valence-corrected chi connectivity index (χ3v) is 2.31. The topological polar surface area (TPSA) is 63.6 Å². The first-order valence-electron chi connectivity index (χ1n) is 5.33. The Morgan fingerprint density at radius 2 is 1.87 bits per heavy atom. The van der Waals surface area contributed by atoms with Crippen molar-refractivity contribution in [1.82, 2.24) is 0 Å². The molecule has 1 atom stereocenters. The Bertz CT molecular complexity index is 221. The monoisotopic (exact) mass is 216 g/mol. The van der Waals surface area contributed by atoms with Crippen molar-refractivity contribution in [1.29, 1.82) is 0 Å². The van der Waals surface area contributed by atoms with Crippen molar-refractivity contribution in [2.45, 2.75) is 52.1 Å². The Labute approximate surface area is 90.6 Å². The smallest absolute Gasteiger partial charge is 0.345 e. The lowest BCUT2D eigenvalue weighted by Gasteiger charge is -2.17. The molecule has 4 nitrogen and oxygen atoms in total. The molecule has 0 heterocycles. The van der Waals surface area contributed by atoms with Gasteiger partial charge in [-0.1, -0.05) is 26.2 Å². The van der Waals surface area contributed by atoms with E-state index >= 15 is 0 Å². The lowest BCUT2D eigenvalue weighted by Crippen LogP contribution is -2.43. The molecular weight excluding hydrogens is 196 g/mol. The lowest BCUT2D eigenvalue weighted by atomic mass is 10.0. The minimum absolute atomic E-state index is 0.266. The molecule has 0 aliphatic heterocycles. The molecule has 4 heteroatoms. The van der Waals surface area contributed by atoms with Gasteiger partial charge >= 0.3 is 5.97 Å². The molecule has 0 rings (SSSR count). The van der Waals surface area contributed by atoms with Crippen LogP contribution in [0, 0.1) is 0 Å². The highest BCUT2D eigenvalue weighted by Gasteiger charge is 2.37. The van der Waals surface area contributed by atoms with Crippen LogP contribution in [0.25, 0.3) is 0 Å². The van der Waals surface area contributed by atoms with Gasteiger partial charge in [-0.25, -0.2) is 4.79 Å². The Hall–Kier alpha value is -0.900. The summed E-state index contributed by atoms with van der Waals surface area (Å²) in [6.45, 7) is 4.68. The first-order valence-corrected chi connectivity index (χ1v) is 5.33. The van der Waals surface area contributed by atoms with Gasteiger partial charge in [-0.05, 0) is 20.3 Å². The van der Waals surface area contributed by atoms with E-state index in [1.165, 1.54) is 6.92 Å². The average Bonchev–Trinajstić information content (AvgIpc) is 2.16. The quantitative estimate of drug-likeness (QED) is 0.397. The lowest BCUT2D eigenvalue weighted by molar-refractivity contribution is -0.168. The van der Waals surface area contributed by atoms with Crippen LogP contribution in [0.5, 0.6) is 0 Å². The van der Waals surface area contributed by atoms with Crippen LogP contribution >= 0.6 is 0 Å². The maximum Gasteiger partial charge on any atom is 0.345 e. The van der Waals surface area contributed by atoms with E-state index in [0.717, 1.165) is 32.6 Å². The van der Waals surface area contributed by atoms with Gasteiger partial charge in [0, 0.05) is 0 Å². The van der Waals surface area contributed by atoms with Crippen molar-refractivity contribution in [2.24, 2.45) is 0 Å².